The number of rotatable bonds is 5. The maximum Gasteiger partial charge on any atom is 0.218 e. The van der Waals surface area contributed by atoms with Gasteiger partial charge in [0.2, 0.25) is 5.90 Å². The van der Waals surface area contributed by atoms with Crippen LogP contribution in [0.1, 0.15) is 5.56 Å². The lowest BCUT2D eigenvalue weighted by molar-refractivity contribution is 0.555. The third kappa shape index (κ3) is 5.76. The van der Waals surface area contributed by atoms with E-state index in [-0.39, 0.29) is 5.90 Å². The maximum absolute atomic E-state index is 10.7. The van der Waals surface area contributed by atoms with Crippen molar-refractivity contribution in [1.82, 2.24) is 9.13 Å². The van der Waals surface area contributed by atoms with E-state index in [1.165, 1.54) is 0 Å². The summed E-state index contributed by atoms with van der Waals surface area (Å²) in [4.78, 5) is 14.0. The van der Waals surface area contributed by atoms with Crippen LogP contribution in [0.15, 0.2) is 143 Å². The number of anilines is 1. The molecule has 0 spiro atoms. The Hall–Kier alpha value is -5.69. The molecule has 0 aliphatic rings. The highest BCUT2D eigenvalue weighted by Gasteiger charge is 2.09. The number of pyridine rings is 2. The predicted molar refractivity (Wildman–Crippen MR) is 170 cm³/mol. The van der Waals surface area contributed by atoms with E-state index in [1.807, 2.05) is 128 Å². The van der Waals surface area contributed by atoms with Crippen molar-refractivity contribution < 1.29 is 5.11 Å². The molecule has 0 saturated heterocycles. The van der Waals surface area contributed by atoms with Gasteiger partial charge in [-0.05, 0) is 90.5 Å². The molecule has 4 aromatic carbocycles. The average molecular weight is 551 g/mol. The fourth-order valence-corrected chi connectivity index (χ4v) is 4.79. The molecule has 0 saturated carbocycles. The van der Waals surface area contributed by atoms with Crippen molar-refractivity contribution in [2.75, 3.05) is 5.73 Å². The summed E-state index contributed by atoms with van der Waals surface area (Å²) < 4.78 is 4.12. The van der Waals surface area contributed by atoms with Gasteiger partial charge < -0.3 is 20.0 Å². The van der Waals surface area contributed by atoms with Gasteiger partial charge in [-0.1, -0.05) is 30.3 Å². The van der Waals surface area contributed by atoms with Crippen LogP contribution in [0.4, 0.5) is 22.7 Å². The summed E-state index contributed by atoms with van der Waals surface area (Å²) in [6.07, 6.45) is 3.90. The number of aliphatic imine (C=N–C) groups is 1. The first-order valence-corrected chi connectivity index (χ1v) is 13.6. The van der Waals surface area contributed by atoms with Crippen molar-refractivity contribution in [3.05, 3.63) is 144 Å². The molecule has 0 atom stereocenters. The molecule has 2 aromatic heterocycles. The standard InChI is InChI=1S/C35H30N6O/c1-40-20-18-30(19-21-40)37-27-13-15-29(16-14-27)39-35(42)25-8-11-28(12-9-25)38-32-23-34(24-6-4-3-5-7-24)41(2)33-17-10-26(36)22-31(32)33/h3-23H,36H2,1-2H3,(H,39,42). The van der Waals surface area contributed by atoms with E-state index in [4.69, 9.17) is 10.7 Å². The molecule has 6 aromatic rings. The molecule has 7 heteroatoms. The Labute approximate surface area is 243 Å². The lowest BCUT2D eigenvalue weighted by atomic mass is 10.1. The van der Waals surface area contributed by atoms with Gasteiger partial charge in [-0.15, -0.1) is 0 Å². The van der Waals surface area contributed by atoms with Crippen LogP contribution in [-0.4, -0.2) is 20.1 Å². The lowest BCUT2D eigenvalue weighted by Crippen LogP contribution is -2.11. The van der Waals surface area contributed by atoms with Crippen LogP contribution in [0.5, 0.6) is 0 Å². The molecule has 3 N–H and O–H groups in total. The Morgan fingerprint density at radius 2 is 1.33 bits per heavy atom. The molecular formula is C35H30N6O. The summed E-state index contributed by atoms with van der Waals surface area (Å²) in [5.41, 5.74) is 12.8. The maximum atomic E-state index is 10.7. The van der Waals surface area contributed by atoms with Crippen LogP contribution in [0.2, 0.25) is 0 Å². The minimum atomic E-state index is -0.0712. The molecule has 0 unspecified atom stereocenters. The highest BCUT2D eigenvalue weighted by Crippen LogP contribution is 2.24. The first kappa shape index (κ1) is 26.5. The molecule has 0 amide bonds. The highest BCUT2D eigenvalue weighted by molar-refractivity contribution is 5.94. The molecule has 0 bridgehead atoms. The summed E-state index contributed by atoms with van der Waals surface area (Å²) in [7, 11) is 4.02. The molecule has 2 heterocycles. The minimum Gasteiger partial charge on any atom is -0.493 e. The van der Waals surface area contributed by atoms with E-state index in [2.05, 4.69) is 32.8 Å². The van der Waals surface area contributed by atoms with Gasteiger partial charge in [-0.2, -0.15) is 0 Å². The molecule has 0 aliphatic carbocycles. The van der Waals surface area contributed by atoms with Crippen molar-refractivity contribution in [3.8, 4) is 11.3 Å². The van der Waals surface area contributed by atoms with Crippen molar-refractivity contribution in [2.45, 2.75) is 0 Å². The van der Waals surface area contributed by atoms with Crippen molar-refractivity contribution in [2.24, 2.45) is 29.1 Å². The molecule has 6 rings (SSSR count). The van der Waals surface area contributed by atoms with E-state index in [0.29, 0.717) is 16.9 Å². The largest absolute Gasteiger partial charge is 0.493 e. The van der Waals surface area contributed by atoms with Crippen LogP contribution < -0.4 is 16.4 Å². The Kier molecular flexibility index (Phi) is 7.22. The second-order valence-electron chi connectivity index (χ2n) is 10.1. The third-order valence-corrected chi connectivity index (χ3v) is 7.04. The van der Waals surface area contributed by atoms with E-state index in [0.717, 1.165) is 44.2 Å². The monoisotopic (exact) mass is 550 g/mol. The smallest absolute Gasteiger partial charge is 0.218 e. The van der Waals surface area contributed by atoms with Crippen molar-refractivity contribution >= 4 is 39.6 Å². The van der Waals surface area contributed by atoms with Gasteiger partial charge in [0.1, 0.15) is 0 Å². The Balaban J connectivity index is 1.30. The number of nitrogens with two attached hydrogens (primary N) is 1. The molecular weight excluding hydrogens is 520 g/mol. The number of hydrogen-bond acceptors (Lipinski definition) is 4. The second-order valence-corrected chi connectivity index (χ2v) is 10.1. The van der Waals surface area contributed by atoms with Gasteiger partial charge >= 0.3 is 0 Å². The van der Waals surface area contributed by atoms with E-state index in [9.17, 15) is 5.11 Å². The third-order valence-electron chi connectivity index (χ3n) is 7.04. The van der Waals surface area contributed by atoms with Crippen molar-refractivity contribution in [1.29, 1.82) is 0 Å². The molecule has 42 heavy (non-hydrogen) atoms. The van der Waals surface area contributed by atoms with E-state index in [1.54, 1.807) is 0 Å². The van der Waals surface area contributed by atoms with E-state index < -0.39 is 0 Å². The van der Waals surface area contributed by atoms with Crippen LogP contribution in [0, 0.1) is 0 Å². The Bertz CT molecular complexity index is 2030. The van der Waals surface area contributed by atoms with Crippen LogP contribution in [0.3, 0.4) is 0 Å². The quantitative estimate of drug-likeness (QED) is 0.139. The topological polar surface area (TPSA) is 93.2 Å². The summed E-state index contributed by atoms with van der Waals surface area (Å²) in [6, 6.07) is 36.9. The van der Waals surface area contributed by atoms with Crippen molar-refractivity contribution in [3.63, 3.8) is 0 Å². The fraction of sp³-hybridized carbons (Fsp3) is 0.0571. The number of aliphatic hydroxyl groups excluding tert-OH is 1. The van der Waals surface area contributed by atoms with Gasteiger partial charge in [-0.3, -0.25) is 0 Å². The zero-order valence-corrected chi connectivity index (χ0v) is 23.4. The van der Waals surface area contributed by atoms with Gasteiger partial charge in [0.15, 0.2) is 0 Å². The summed E-state index contributed by atoms with van der Waals surface area (Å²) >= 11 is 0. The number of aromatic nitrogens is 2. The highest BCUT2D eigenvalue weighted by atomic mass is 16.3. The first-order valence-electron chi connectivity index (χ1n) is 13.6. The second kappa shape index (κ2) is 11.4. The molecule has 206 valence electrons. The average Bonchev–Trinajstić information content (AvgIpc) is 3.01. The van der Waals surface area contributed by atoms with Gasteiger partial charge in [0.05, 0.1) is 39.0 Å². The molecule has 7 nitrogen and oxygen atoms in total. The summed E-state index contributed by atoms with van der Waals surface area (Å²) in [5, 5.41) is 13.4. The van der Waals surface area contributed by atoms with Crippen LogP contribution >= 0.6 is 0 Å². The van der Waals surface area contributed by atoms with Gasteiger partial charge in [-0.25, -0.2) is 15.0 Å². The number of aryl methyl sites for hydroxylation is 2. The van der Waals surface area contributed by atoms with Crippen LogP contribution in [0.25, 0.3) is 22.2 Å². The number of aliphatic hydroxyl groups is 1. The number of nitrogens with zero attached hydrogens (tertiary/aromatic N) is 5. The van der Waals surface area contributed by atoms with E-state index >= 15 is 0 Å². The van der Waals surface area contributed by atoms with Gasteiger partial charge in [0, 0.05) is 43.1 Å². The summed E-state index contributed by atoms with van der Waals surface area (Å²) in [6.45, 7) is 0. The lowest BCUT2D eigenvalue weighted by Gasteiger charge is -2.14. The molecule has 0 fully saturated rings. The van der Waals surface area contributed by atoms with Gasteiger partial charge in [0.25, 0.3) is 0 Å². The molecule has 0 radical (unpaired) electrons. The predicted octanol–water partition coefficient (Wildman–Crippen LogP) is 6.87. The SMILES string of the molecule is Cn1ccc(=Nc2ccc(N=C(O)c3ccc(N=c4cc(-c5ccccc5)n(C)c5ccc(N)cc45)cc3)cc2)cc1. The molecule has 0 aliphatic heterocycles. The first-order chi connectivity index (χ1) is 20.4. The number of hydrogen-bond donors (Lipinski definition) is 2. The Morgan fingerprint density at radius 1 is 0.690 bits per heavy atom. The zero-order chi connectivity index (χ0) is 29.1. The fourth-order valence-electron chi connectivity index (χ4n) is 4.79. The Morgan fingerprint density at radius 3 is 2.05 bits per heavy atom. The number of nitrogen functional groups attached to an aromatic ring is 1. The number of benzene rings is 4. The zero-order valence-electron chi connectivity index (χ0n) is 23.4. The minimum absolute atomic E-state index is 0.0712. The summed E-state index contributed by atoms with van der Waals surface area (Å²) in [5.74, 6) is -0.0712. The van der Waals surface area contributed by atoms with Crippen LogP contribution in [-0.2, 0) is 14.1 Å². The normalized spacial score (nSPS) is 12.0. The number of fused-ring (bicyclic) bond motifs is 1.